The molecule has 0 saturated heterocycles. The summed E-state index contributed by atoms with van der Waals surface area (Å²) in [5.41, 5.74) is 0.190. The van der Waals surface area contributed by atoms with Crippen molar-refractivity contribution in [2.24, 2.45) is 0 Å². The van der Waals surface area contributed by atoms with Crippen LogP contribution in [0.4, 0.5) is 8.78 Å². The van der Waals surface area contributed by atoms with E-state index in [9.17, 15) is 18.4 Å². The summed E-state index contributed by atoms with van der Waals surface area (Å²) in [5, 5.41) is 5.33. The molecule has 0 fully saturated rings. The molecule has 0 bridgehead atoms. The van der Waals surface area contributed by atoms with Crippen LogP contribution >= 0.6 is 0 Å². The van der Waals surface area contributed by atoms with Crippen molar-refractivity contribution in [2.45, 2.75) is 64.8 Å². The van der Waals surface area contributed by atoms with Gasteiger partial charge in [0.25, 0.3) is 0 Å². The molecule has 1 rings (SSSR count). The maximum absolute atomic E-state index is 13.1. The van der Waals surface area contributed by atoms with E-state index >= 15 is 0 Å². The first-order valence-corrected chi connectivity index (χ1v) is 8.94. The molecule has 25 heavy (non-hydrogen) atoms. The minimum Gasteiger partial charge on any atom is -0.306 e. The average Bonchev–Trinajstić information content (AvgIpc) is 2.52. The molecule has 1 atom stereocenters. The smallest absolute Gasteiger partial charge is 0.243 e. The van der Waals surface area contributed by atoms with Gasteiger partial charge in [-0.15, -0.1) is 0 Å². The van der Waals surface area contributed by atoms with Crippen molar-refractivity contribution < 1.29 is 18.4 Å². The molecular formula is C19H28F2N2O2. The van der Waals surface area contributed by atoms with Gasteiger partial charge in [0.15, 0.2) is 0 Å². The number of benzene rings is 1. The van der Waals surface area contributed by atoms with Gasteiger partial charge in [0, 0.05) is 6.07 Å². The van der Waals surface area contributed by atoms with E-state index in [-0.39, 0.29) is 12.0 Å². The van der Waals surface area contributed by atoms with Gasteiger partial charge >= 0.3 is 0 Å². The predicted octanol–water partition coefficient (Wildman–Crippen LogP) is 3.49. The number of hydrogen-bond donors (Lipinski definition) is 2. The van der Waals surface area contributed by atoms with Crippen molar-refractivity contribution in [1.29, 1.82) is 0 Å². The highest BCUT2D eigenvalue weighted by Gasteiger charge is 2.15. The second kappa shape index (κ2) is 11.7. The van der Waals surface area contributed by atoms with E-state index in [1.165, 1.54) is 25.7 Å². The Bertz CT molecular complexity index is 544. The van der Waals surface area contributed by atoms with Crippen LogP contribution in [0.1, 0.15) is 57.9 Å². The Hall–Kier alpha value is -1.82. The second-order valence-electron chi connectivity index (χ2n) is 6.31. The van der Waals surface area contributed by atoms with Gasteiger partial charge in [-0.25, -0.2) is 8.78 Å². The molecule has 4 nitrogen and oxygen atoms in total. The van der Waals surface area contributed by atoms with Crippen LogP contribution in [0.2, 0.25) is 0 Å². The van der Waals surface area contributed by atoms with Gasteiger partial charge in [0.05, 0.1) is 12.5 Å². The first-order chi connectivity index (χ1) is 11.9. The average molecular weight is 354 g/mol. The van der Waals surface area contributed by atoms with E-state index in [0.717, 1.165) is 31.0 Å². The maximum atomic E-state index is 13.1. The van der Waals surface area contributed by atoms with E-state index < -0.39 is 29.5 Å². The summed E-state index contributed by atoms with van der Waals surface area (Å²) in [4.78, 5) is 23.8. The predicted molar refractivity (Wildman–Crippen MR) is 94.1 cm³/mol. The molecule has 0 saturated carbocycles. The Morgan fingerprint density at radius 2 is 1.60 bits per heavy atom. The molecule has 6 heteroatoms. The third-order valence-corrected chi connectivity index (χ3v) is 3.92. The summed E-state index contributed by atoms with van der Waals surface area (Å²) >= 11 is 0. The van der Waals surface area contributed by atoms with E-state index in [1.54, 1.807) is 6.92 Å². The van der Waals surface area contributed by atoms with Crippen molar-refractivity contribution >= 4 is 11.8 Å². The molecule has 0 aliphatic heterocycles. The summed E-state index contributed by atoms with van der Waals surface area (Å²) in [6.45, 7) is 4.57. The number of hydrogen-bond acceptors (Lipinski definition) is 3. The minimum atomic E-state index is -0.747. The highest BCUT2D eigenvalue weighted by molar-refractivity contribution is 5.98. The van der Waals surface area contributed by atoms with E-state index in [4.69, 9.17) is 0 Å². The number of nitrogens with one attached hydrogen (secondary N) is 2. The quantitative estimate of drug-likeness (QED) is 0.598. The van der Waals surface area contributed by atoms with E-state index in [0.29, 0.717) is 6.54 Å². The zero-order chi connectivity index (χ0) is 18.7. The van der Waals surface area contributed by atoms with Crippen molar-refractivity contribution in [2.75, 3.05) is 6.54 Å². The van der Waals surface area contributed by atoms with Gasteiger partial charge in [-0.2, -0.15) is 0 Å². The number of carbonyl (C=O) groups is 2. The first-order valence-electron chi connectivity index (χ1n) is 8.94. The normalized spacial score (nSPS) is 12.0. The molecule has 0 aromatic heterocycles. The topological polar surface area (TPSA) is 58.2 Å². The summed E-state index contributed by atoms with van der Waals surface area (Å²) in [6.07, 6.45) is 6.75. The molecule has 140 valence electrons. The number of amides is 2. The van der Waals surface area contributed by atoms with Gasteiger partial charge in [-0.1, -0.05) is 39.0 Å². The fraction of sp³-hybridized carbons (Fsp3) is 0.579. The summed E-state index contributed by atoms with van der Waals surface area (Å²) in [7, 11) is 0. The fourth-order valence-corrected chi connectivity index (χ4v) is 2.50. The Balaban J connectivity index is 2.26. The highest BCUT2D eigenvalue weighted by Crippen LogP contribution is 2.08. The SMILES string of the molecule is CCCCCCCCN[C@@H](C)C(=O)NC(=O)Cc1cc(F)cc(F)c1. The second-order valence-corrected chi connectivity index (χ2v) is 6.31. The molecule has 0 aliphatic rings. The van der Waals surface area contributed by atoms with Gasteiger partial charge < -0.3 is 5.32 Å². The lowest BCUT2D eigenvalue weighted by atomic mass is 10.1. The lowest BCUT2D eigenvalue weighted by Gasteiger charge is -2.13. The van der Waals surface area contributed by atoms with Crippen LogP contribution in [0.15, 0.2) is 18.2 Å². The fourth-order valence-electron chi connectivity index (χ4n) is 2.50. The highest BCUT2D eigenvalue weighted by atomic mass is 19.1. The summed E-state index contributed by atoms with van der Waals surface area (Å²) in [6, 6.07) is 2.39. The zero-order valence-corrected chi connectivity index (χ0v) is 15.0. The van der Waals surface area contributed by atoms with E-state index in [1.807, 2.05) is 0 Å². The van der Waals surface area contributed by atoms with Gasteiger partial charge in [0.1, 0.15) is 11.6 Å². The molecule has 0 radical (unpaired) electrons. The molecule has 0 spiro atoms. The van der Waals surface area contributed by atoms with Crippen LogP contribution in [0.25, 0.3) is 0 Å². The summed E-state index contributed by atoms with van der Waals surface area (Å²) < 4.78 is 26.2. The Kier molecular flexibility index (Phi) is 9.92. The standard InChI is InChI=1S/C19H28F2N2O2/c1-3-4-5-6-7-8-9-22-14(2)19(25)23-18(24)12-15-10-16(20)13-17(21)11-15/h10-11,13-14,22H,3-9,12H2,1-2H3,(H,23,24,25)/t14-/m0/s1. The molecular weight excluding hydrogens is 326 g/mol. The molecule has 0 aliphatic carbocycles. The van der Waals surface area contributed by atoms with Crippen LogP contribution in [-0.2, 0) is 16.0 Å². The third-order valence-electron chi connectivity index (χ3n) is 3.92. The number of unbranched alkanes of at least 4 members (excludes halogenated alkanes) is 5. The molecule has 0 unspecified atom stereocenters. The lowest BCUT2D eigenvalue weighted by molar-refractivity contribution is -0.131. The number of imide groups is 1. The Morgan fingerprint density at radius 3 is 2.24 bits per heavy atom. The first kappa shape index (κ1) is 21.2. The Morgan fingerprint density at radius 1 is 1.00 bits per heavy atom. The molecule has 1 aromatic rings. The maximum Gasteiger partial charge on any atom is 0.243 e. The van der Waals surface area contributed by atoms with Crippen LogP contribution in [-0.4, -0.2) is 24.4 Å². The van der Waals surface area contributed by atoms with Gasteiger partial charge in [0.2, 0.25) is 11.8 Å². The zero-order valence-electron chi connectivity index (χ0n) is 15.0. The number of rotatable bonds is 11. The lowest BCUT2D eigenvalue weighted by Crippen LogP contribution is -2.45. The largest absolute Gasteiger partial charge is 0.306 e. The van der Waals surface area contributed by atoms with Crippen LogP contribution < -0.4 is 10.6 Å². The molecule has 1 aromatic carbocycles. The minimum absolute atomic E-state index is 0.190. The van der Waals surface area contributed by atoms with E-state index in [2.05, 4.69) is 17.6 Å². The summed E-state index contributed by atoms with van der Waals surface area (Å²) in [5.74, 6) is -2.51. The third kappa shape index (κ3) is 9.29. The van der Waals surface area contributed by atoms with Gasteiger partial charge in [-0.3, -0.25) is 14.9 Å². The van der Waals surface area contributed by atoms with Crippen molar-refractivity contribution in [1.82, 2.24) is 10.6 Å². The van der Waals surface area contributed by atoms with Crippen molar-refractivity contribution in [3.8, 4) is 0 Å². The van der Waals surface area contributed by atoms with Crippen LogP contribution in [0.5, 0.6) is 0 Å². The van der Waals surface area contributed by atoms with Crippen LogP contribution in [0, 0.1) is 11.6 Å². The molecule has 2 N–H and O–H groups in total. The van der Waals surface area contributed by atoms with Crippen LogP contribution in [0.3, 0.4) is 0 Å². The van der Waals surface area contributed by atoms with Crippen molar-refractivity contribution in [3.05, 3.63) is 35.4 Å². The number of carbonyl (C=O) groups excluding carboxylic acids is 2. The van der Waals surface area contributed by atoms with Crippen molar-refractivity contribution in [3.63, 3.8) is 0 Å². The molecule has 2 amide bonds. The number of halogens is 2. The van der Waals surface area contributed by atoms with Gasteiger partial charge in [-0.05, 0) is 37.6 Å². The monoisotopic (exact) mass is 354 g/mol. The Labute approximate surface area is 148 Å². The molecule has 0 heterocycles.